The number of amides is 2. The van der Waals surface area contributed by atoms with E-state index in [1.807, 2.05) is 6.92 Å². The van der Waals surface area contributed by atoms with Crippen LogP contribution in [0.15, 0.2) is 29.2 Å². The number of hydrogen-bond donors (Lipinski definition) is 2. The van der Waals surface area contributed by atoms with E-state index < -0.39 is 15.9 Å². The van der Waals surface area contributed by atoms with Gasteiger partial charge in [0.25, 0.3) is 5.91 Å². The quantitative estimate of drug-likeness (QED) is 0.727. The van der Waals surface area contributed by atoms with Crippen LogP contribution in [-0.2, 0) is 21.2 Å². The van der Waals surface area contributed by atoms with E-state index in [1.165, 1.54) is 15.6 Å². The normalized spacial score (nSPS) is 15.2. The van der Waals surface area contributed by atoms with E-state index in [1.54, 1.807) is 31.2 Å². The Labute approximate surface area is 175 Å². The number of carbonyl (C=O) groups excluding carboxylic acids is 2. The van der Waals surface area contributed by atoms with Crippen LogP contribution < -0.4 is 11.1 Å². The predicted molar refractivity (Wildman–Crippen MR) is 114 cm³/mol. The Bertz CT molecular complexity index is 1020. The predicted octanol–water partition coefficient (Wildman–Crippen LogP) is 2.82. The number of nitrogens with one attached hydrogen (secondary N) is 1. The van der Waals surface area contributed by atoms with Crippen molar-refractivity contribution in [1.82, 2.24) is 4.31 Å². The van der Waals surface area contributed by atoms with E-state index in [2.05, 4.69) is 5.32 Å². The number of benzene rings is 1. The first-order valence-electron chi connectivity index (χ1n) is 9.49. The van der Waals surface area contributed by atoms with E-state index in [0.29, 0.717) is 29.2 Å². The lowest BCUT2D eigenvalue weighted by atomic mass is 10.1. The zero-order valence-corrected chi connectivity index (χ0v) is 18.2. The summed E-state index contributed by atoms with van der Waals surface area (Å²) in [6.45, 7) is 4.76. The average molecular weight is 436 g/mol. The minimum Gasteiger partial charge on any atom is -0.365 e. The standard InChI is InChI=1S/C20H25N3O4S2/c1-13-14(2)28-20(18(13)19(21)25)22-17(24)12-15-6-8-16(9-7-15)29(26,27)23-10-4-3-5-11-23/h6-9H,3-5,10-12H2,1-2H3,(H2,21,25)(H,22,24). The fourth-order valence-corrected chi connectivity index (χ4v) is 6.00. The lowest BCUT2D eigenvalue weighted by Gasteiger charge is -2.25. The molecule has 2 heterocycles. The summed E-state index contributed by atoms with van der Waals surface area (Å²) in [4.78, 5) is 25.3. The van der Waals surface area contributed by atoms with Crippen LogP contribution in [0.2, 0.25) is 0 Å². The van der Waals surface area contributed by atoms with Crippen LogP contribution in [0.5, 0.6) is 0 Å². The molecule has 29 heavy (non-hydrogen) atoms. The van der Waals surface area contributed by atoms with Crippen molar-refractivity contribution >= 4 is 38.2 Å². The molecule has 9 heteroatoms. The largest absolute Gasteiger partial charge is 0.365 e. The minimum absolute atomic E-state index is 0.0677. The molecule has 0 radical (unpaired) electrons. The van der Waals surface area contributed by atoms with Crippen molar-refractivity contribution in [2.75, 3.05) is 18.4 Å². The fourth-order valence-electron chi connectivity index (χ4n) is 3.40. The lowest BCUT2D eigenvalue weighted by Crippen LogP contribution is -2.35. The third-order valence-corrected chi connectivity index (χ3v) is 8.16. The molecule has 1 saturated heterocycles. The van der Waals surface area contributed by atoms with Crippen molar-refractivity contribution < 1.29 is 18.0 Å². The highest BCUT2D eigenvalue weighted by Crippen LogP contribution is 2.32. The molecule has 0 unspecified atom stereocenters. The average Bonchev–Trinajstić information content (AvgIpc) is 2.96. The Balaban J connectivity index is 1.69. The molecule has 1 aliphatic rings. The maximum Gasteiger partial charge on any atom is 0.251 e. The van der Waals surface area contributed by atoms with Gasteiger partial charge in [-0.3, -0.25) is 9.59 Å². The van der Waals surface area contributed by atoms with Gasteiger partial charge in [0.15, 0.2) is 0 Å². The molecule has 0 aliphatic carbocycles. The molecule has 3 N–H and O–H groups in total. The number of aryl methyl sites for hydroxylation is 1. The van der Waals surface area contributed by atoms with Gasteiger partial charge in [-0.25, -0.2) is 8.42 Å². The second-order valence-electron chi connectivity index (χ2n) is 7.19. The van der Waals surface area contributed by atoms with Crippen molar-refractivity contribution in [3.63, 3.8) is 0 Å². The fraction of sp³-hybridized carbons (Fsp3) is 0.400. The van der Waals surface area contributed by atoms with E-state index >= 15 is 0 Å². The summed E-state index contributed by atoms with van der Waals surface area (Å²) in [6.07, 6.45) is 2.89. The first kappa shape index (κ1) is 21.5. The van der Waals surface area contributed by atoms with Crippen molar-refractivity contribution in [1.29, 1.82) is 0 Å². The first-order valence-corrected chi connectivity index (χ1v) is 11.7. The molecular weight excluding hydrogens is 410 g/mol. The highest BCUT2D eigenvalue weighted by Gasteiger charge is 2.26. The summed E-state index contributed by atoms with van der Waals surface area (Å²) < 4.78 is 26.9. The summed E-state index contributed by atoms with van der Waals surface area (Å²) >= 11 is 1.31. The zero-order chi connectivity index (χ0) is 21.2. The number of primary amides is 1. The number of nitrogens with two attached hydrogens (primary N) is 1. The van der Waals surface area contributed by atoms with Crippen LogP contribution in [-0.4, -0.2) is 37.6 Å². The molecule has 0 saturated carbocycles. The number of sulfonamides is 1. The molecule has 2 amide bonds. The molecule has 0 bridgehead atoms. The number of carbonyl (C=O) groups is 2. The molecule has 3 rings (SSSR count). The minimum atomic E-state index is -3.49. The number of hydrogen-bond acceptors (Lipinski definition) is 5. The van der Waals surface area contributed by atoms with Gasteiger partial charge < -0.3 is 11.1 Å². The Hall–Kier alpha value is -2.23. The summed E-state index contributed by atoms with van der Waals surface area (Å²) in [6, 6.07) is 6.38. The number of piperidine rings is 1. The highest BCUT2D eigenvalue weighted by atomic mass is 32.2. The van der Waals surface area contributed by atoms with Crippen molar-refractivity contribution in [2.45, 2.75) is 44.4 Å². The molecule has 156 valence electrons. The SMILES string of the molecule is Cc1sc(NC(=O)Cc2ccc(S(=O)(=O)N3CCCCC3)cc2)c(C(N)=O)c1C. The summed E-state index contributed by atoms with van der Waals surface area (Å²) in [5.74, 6) is -0.866. The molecule has 7 nitrogen and oxygen atoms in total. The maximum atomic E-state index is 12.7. The highest BCUT2D eigenvalue weighted by molar-refractivity contribution is 7.89. The van der Waals surface area contributed by atoms with Crippen LogP contribution in [0.25, 0.3) is 0 Å². The van der Waals surface area contributed by atoms with Crippen LogP contribution >= 0.6 is 11.3 Å². The molecule has 1 aliphatic heterocycles. The van der Waals surface area contributed by atoms with Gasteiger partial charge in [-0.2, -0.15) is 4.31 Å². The van der Waals surface area contributed by atoms with Crippen molar-refractivity contribution in [2.24, 2.45) is 5.73 Å². The third-order valence-electron chi connectivity index (χ3n) is 5.13. The number of thiophene rings is 1. The smallest absolute Gasteiger partial charge is 0.251 e. The Morgan fingerprint density at radius 2 is 1.72 bits per heavy atom. The Morgan fingerprint density at radius 1 is 1.10 bits per heavy atom. The first-order chi connectivity index (χ1) is 13.7. The van der Waals surface area contributed by atoms with Gasteiger partial charge >= 0.3 is 0 Å². The van der Waals surface area contributed by atoms with Crippen LogP contribution in [0.1, 0.15) is 45.6 Å². The lowest BCUT2D eigenvalue weighted by molar-refractivity contribution is -0.115. The number of rotatable bonds is 6. The zero-order valence-electron chi connectivity index (χ0n) is 16.5. The molecule has 1 fully saturated rings. The second kappa shape index (κ2) is 8.64. The van der Waals surface area contributed by atoms with Gasteiger partial charge in [0.2, 0.25) is 15.9 Å². The third kappa shape index (κ3) is 4.68. The van der Waals surface area contributed by atoms with E-state index in [9.17, 15) is 18.0 Å². The van der Waals surface area contributed by atoms with Crippen LogP contribution in [0.4, 0.5) is 5.00 Å². The van der Waals surface area contributed by atoms with Crippen LogP contribution in [0.3, 0.4) is 0 Å². The number of anilines is 1. The van der Waals surface area contributed by atoms with E-state index in [4.69, 9.17) is 5.73 Å². The van der Waals surface area contributed by atoms with Gasteiger partial charge in [-0.05, 0) is 49.9 Å². The van der Waals surface area contributed by atoms with Crippen molar-refractivity contribution in [3.05, 3.63) is 45.8 Å². The summed E-state index contributed by atoms with van der Waals surface area (Å²) in [5.41, 5.74) is 7.22. The van der Waals surface area contributed by atoms with E-state index in [0.717, 1.165) is 29.7 Å². The monoisotopic (exact) mass is 435 g/mol. The van der Waals surface area contributed by atoms with E-state index in [-0.39, 0.29) is 17.2 Å². The second-order valence-corrected chi connectivity index (χ2v) is 10.3. The molecule has 2 aromatic rings. The van der Waals surface area contributed by atoms with Gasteiger partial charge in [-0.15, -0.1) is 11.3 Å². The molecule has 0 atom stereocenters. The maximum absolute atomic E-state index is 12.7. The number of nitrogens with zero attached hydrogens (tertiary/aromatic N) is 1. The van der Waals surface area contributed by atoms with Crippen molar-refractivity contribution in [3.8, 4) is 0 Å². The summed E-state index contributed by atoms with van der Waals surface area (Å²) in [7, 11) is -3.49. The van der Waals surface area contributed by atoms with Gasteiger partial charge in [0.1, 0.15) is 5.00 Å². The van der Waals surface area contributed by atoms with Gasteiger partial charge in [-0.1, -0.05) is 18.6 Å². The Kier molecular flexibility index (Phi) is 6.40. The molecule has 1 aromatic heterocycles. The molecule has 0 spiro atoms. The van der Waals surface area contributed by atoms with Gasteiger partial charge in [0, 0.05) is 18.0 Å². The molecular formula is C20H25N3O4S2. The topological polar surface area (TPSA) is 110 Å². The Morgan fingerprint density at radius 3 is 2.31 bits per heavy atom. The van der Waals surface area contributed by atoms with Gasteiger partial charge in [0.05, 0.1) is 16.9 Å². The van der Waals surface area contributed by atoms with Crippen LogP contribution in [0, 0.1) is 13.8 Å². The molecule has 1 aromatic carbocycles. The summed E-state index contributed by atoms with van der Waals surface area (Å²) in [5, 5.41) is 3.20.